The van der Waals surface area contributed by atoms with E-state index in [0.717, 1.165) is 47.4 Å². The van der Waals surface area contributed by atoms with Crippen molar-refractivity contribution < 1.29 is 14.0 Å². The Hall–Kier alpha value is -2.74. The SMILES string of the molecule is Cc1nn(Cc2ccc(F)cc2)c2sc(C(=O)NCC(=O)N3CCCC3)cc12. The molecule has 0 bridgehead atoms. The predicted octanol–water partition coefficient (Wildman–Crippen LogP) is 2.95. The highest BCUT2D eigenvalue weighted by atomic mass is 32.1. The number of hydrogen-bond acceptors (Lipinski definition) is 4. The highest BCUT2D eigenvalue weighted by Crippen LogP contribution is 2.29. The molecule has 0 saturated carbocycles. The summed E-state index contributed by atoms with van der Waals surface area (Å²) in [7, 11) is 0. The number of rotatable bonds is 5. The van der Waals surface area contributed by atoms with E-state index in [-0.39, 0.29) is 24.2 Å². The molecule has 2 amide bonds. The first kappa shape index (κ1) is 18.6. The lowest BCUT2D eigenvalue weighted by Crippen LogP contribution is -2.38. The minimum atomic E-state index is -0.274. The van der Waals surface area contributed by atoms with E-state index >= 15 is 0 Å². The highest BCUT2D eigenvalue weighted by Gasteiger charge is 2.20. The first-order valence-corrected chi connectivity index (χ1v) is 10.1. The van der Waals surface area contributed by atoms with Crippen LogP contribution < -0.4 is 5.32 Å². The maximum absolute atomic E-state index is 13.1. The zero-order chi connectivity index (χ0) is 19.7. The van der Waals surface area contributed by atoms with Crippen molar-refractivity contribution in [2.75, 3.05) is 19.6 Å². The van der Waals surface area contributed by atoms with Gasteiger partial charge in [0.05, 0.1) is 23.7 Å². The highest BCUT2D eigenvalue weighted by molar-refractivity contribution is 7.20. The van der Waals surface area contributed by atoms with Crippen LogP contribution in [-0.2, 0) is 11.3 Å². The van der Waals surface area contributed by atoms with Gasteiger partial charge in [-0.2, -0.15) is 5.10 Å². The van der Waals surface area contributed by atoms with Crippen LogP contribution in [0.3, 0.4) is 0 Å². The average Bonchev–Trinajstić information content (AvgIpc) is 3.41. The zero-order valence-corrected chi connectivity index (χ0v) is 16.4. The summed E-state index contributed by atoms with van der Waals surface area (Å²) in [4.78, 5) is 27.8. The van der Waals surface area contributed by atoms with Crippen LogP contribution in [0, 0.1) is 12.7 Å². The van der Waals surface area contributed by atoms with Crippen LogP contribution in [0.1, 0.15) is 33.8 Å². The number of nitrogens with one attached hydrogen (secondary N) is 1. The third-order valence-corrected chi connectivity index (χ3v) is 6.08. The van der Waals surface area contributed by atoms with Gasteiger partial charge in [0.1, 0.15) is 10.6 Å². The number of likely N-dealkylation sites (tertiary alicyclic amines) is 1. The maximum atomic E-state index is 13.1. The molecule has 2 aromatic heterocycles. The van der Waals surface area contributed by atoms with E-state index in [9.17, 15) is 14.0 Å². The van der Waals surface area contributed by atoms with E-state index < -0.39 is 0 Å². The molecule has 0 spiro atoms. The monoisotopic (exact) mass is 400 g/mol. The second-order valence-electron chi connectivity index (χ2n) is 6.97. The molecule has 0 radical (unpaired) electrons. The van der Waals surface area contributed by atoms with Crippen molar-refractivity contribution in [2.45, 2.75) is 26.3 Å². The average molecular weight is 400 g/mol. The number of carbonyl (C=O) groups excluding carboxylic acids is 2. The number of fused-ring (bicyclic) bond motifs is 1. The number of halogens is 1. The molecule has 1 fully saturated rings. The first-order valence-electron chi connectivity index (χ1n) is 9.28. The van der Waals surface area contributed by atoms with Gasteiger partial charge < -0.3 is 10.2 Å². The number of thiophene rings is 1. The summed E-state index contributed by atoms with van der Waals surface area (Å²) in [6.45, 7) is 3.97. The van der Waals surface area contributed by atoms with Crippen LogP contribution in [0.4, 0.5) is 4.39 Å². The summed E-state index contributed by atoms with van der Waals surface area (Å²) in [5.41, 5.74) is 1.77. The van der Waals surface area contributed by atoms with E-state index in [2.05, 4.69) is 10.4 Å². The molecular formula is C20H21FN4O2S. The van der Waals surface area contributed by atoms with Crippen LogP contribution >= 0.6 is 11.3 Å². The Morgan fingerprint density at radius 1 is 1.21 bits per heavy atom. The van der Waals surface area contributed by atoms with Gasteiger partial charge in [0.2, 0.25) is 5.91 Å². The summed E-state index contributed by atoms with van der Waals surface area (Å²) in [6.07, 6.45) is 2.06. The summed E-state index contributed by atoms with van der Waals surface area (Å²) < 4.78 is 14.9. The molecule has 0 atom stereocenters. The van der Waals surface area contributed by atoms with E-state index in [1.807, 2.05) is 17.7 Å². The molecule has 8 heteroatoms. The lowest BCUT2D eigenvalue weighted by atomic mass is 10.2. The van der Waals surface area contributed by atoms with Gasteiger partial charge in [0.15, 0.2) is 0 Å². The first-order chi connectivity index (χ1) is 13.5. The Kier molecular flexibility index (Phi) is 5.13. The van der Waals surface area contributed by atoms with Gasteiger partial charge in [-0.25, -0.2) is 4.39 Å². The fourth-order valence-corrected chi connectivity index (χ4v) is 4.49. The van der Waals surface area contributed by atoms with Crippen LogP contribution in [0.5, 0.6) is 0 Å². The second kappa shape index (κ2) is 7.71. The minimum absolute atomic E-state index is 0.0216. The number of benzene rings is 1. The zero-order valence-electron chi connectivity index (χ0n) is 15.6. The van der Waals surface area contributed by atoms with E-state index in [0.29, 0.717) is 11.4 Å². The van der Waals surface area contributed by atoms with Gasteiger partial charge in [-0.15, -0.1) is 11.3 Å². The van der Waals surface area contributed by atoms with Crippen LogP contribution in [0.25, 0.3) is 10.2 Å². The number of aryl methyl sites for hydroxylation is 1. The Labute approximate surface area is 165 Å². The fraction of sp³-hybridized carbons (Fsp3) is 0.350. The Morgan fingerprint density at radius 2 is 1.93 bits per heavy atom. The third kappa shape index (κ3) is 3.77. The lowest BCUT2D eigenvalue weighted by Gasteiger charge is -2.15. The number of aromatic nitrogens is 2. The second-order valence-corrected chi connectivity index (χ2v) is 8.00. The van der Waals surface area contributed by atoms with E-state index in [4.69, 9.17) is 0 Å². The topological polar surface area (TPSA) is 67.2 Å². The van der Waals surface area contributed by atoms with Crippen molar-refractivity contribution >= 4 is 33.4 Å². The molecule has 1 N–H and O–H groups in total. The predicted molar refractivity (Wildman–Crippen MR) is 106 cm³/mol. The van der Waals surface area contributed by atoms with Crippen molar-refractivity contribution in [1.29, 1.82) is 0 Å². The molecule has 1 aliphatic rings. The quantitative estimate of drug-likeness (QED) is 0.716. The summed E-state index contributed by atoms with van der Waals surface area (Å²) in [5.74, 6) is -0.559. The molecule has 28 heavy (non-hydrogen) atoms. The lowest BCUT2D eigenvalue weighted by molar-refractivity contribution is -0.129. The van der Waals surface area contributed by atoms with Crippen molar-refractivity contribution in [3.8, 4) is 0 Å². The van der Waals surface area contributed by atoms with Crippen molar-refractivity contribution in [1.82, 2.24) is 20.0 Å². The summed E-state index contributed by atoms with van der Waals surface area (Å²) in [6, 6.07) is 8.12. The smallest absolute Gasteiger partial charge is 0.261 e. The van der Waals surface area contributed by atoms with Gasteiger partial charge in [-0.3, -0.25) is 14.3 Å². The Bertz CT molecular complexity index is 1020. The van der Waals surface area contributed by atoms with Crippen molar-refractivity contribution in [2.24, 2.45) is 0 Å². The number of hydrogen-bond donors (Lipinski definition) is 1. The van der Waals surface area contributed by atoms with Crippen LogP contribution in [0.15, 0.2) is 30.3 Å². The van der Waals surface area contributed by atoms with Gasteiger partial charge in [-0.1, -0.05) is 12.1 Å². The minimum Gasteiger partial charge on any atom is -0.342 e. The van der Waals surface area contributed by atoms with Crippen LogP contribution in [-0.4, -0.2) is 46.1 Å². The number of amides is 2. The van der Waals surface area contributed by atoms with E-state index in [1.54, 1.807) is 17.0 Å². The molecule has 146 valence electrons. The number of nitrogens with zero attached hydrogens (tertiary/aromatic N) is 3. The molecule has 4 rings (SSSR count). The number of carbonyl (C=O) groups is 2. The van der Waals surface area contributed by atoms with Gasteiger partial charge in [0, 0.05) is 18.5 Å². The van der Waals surface area contributed by atoms with Crippen molar-refractivity contribution in [3.63, 3.8) is 0 Å². The molecular weight excluding hydrogens is 379 g/mol. The van der Waals surface area contributed by atoms with Crippen molar-refractivity contribution in [3.05, 3.63) is 52.3 Å². The molecule has 1 saturated heterocycles. The molecule has 3 aromatic rings. The van der Waals surface area contributed by atoms with E-state index in [1.165, 1.54) is 23.5 Å². The summed E-state index contributed by atoms with van der Waals surface area (Å²) >= 11 is 1.35. The van der Waals surface area contributed by atoms with Gasteiger partial charge in [-0.05, 0) is 43.5 Å². The standard InChI is InChI=1S/C20H21FN4O2S/c1-13-16-10-17(19(27)22-11-18(26)24-8-2-3-9-24)28-20(16)25(23-13)12-14-4-6-15(21)7-5-14/h4-7,10H,2-3,8-9,11-12H2,1H3,(H,22,27). The van der Waals surface area contributed by atoms with Gasteiger partial charge >= 0.3 is 0 Å². The largest absolute Gasteiger partial charge is 0.342 e. The normalized spacial score (nSPS) is 14.0. The maximum Gasteiger partial charge on any atom is 0.261 e. The molecule has 3 heterocycles. The van der Waals surface area contributed by atoms with Crippen LogP contribution in [0.2, 0.25) is 0 Å². The molecule has 1 aliphatic heterocycles. The third-order valence-electron chi connectivity index (χ3n) is 4.94. The molecule has 1 aromatic carbocycles. The van der Waals surface area contributed by atoms with Gasteiger partial charge in [0.25, 0.3) is 5.91 Å². The molecule has 6 nitrogen and oxygen atoms in total. The summed E-state index contributed by atoms with van der Waals surface area (Å²) in [5, 5.41) is 8.18. The Morgan fingerprint density at radius 3 is 2.64 bits per heavy atom. The molecule has 0 aliphatic carbocycles. The molecule has 0 unspecified atom stereocenters. The fourth-order valence-electron chi connectivity index (χ4n) is 3.42. The Balaban J connectivity index is 1.48.